The molecule has 1 N–H and O–H groups in total. The second-order valence-electron chi connectivity index (χ2n) is 6.72. The van der Waals surface area contributed by atoms with Crippen LogP contribution in [0.5, 0.6) is 17.2 Å². The van der Waals surface area contributed by atoms with E-state index in [1.54, 1.807) is 21.3 Å². The molecule has 3 rings (SSSR count). The van der Waals surface area contributed by atoms with Crippen molar-refractivity contribution in [2.75, 3.05) is 47.6 Å². The number of nitrogens with zero attached hydrogens (tertiary/aromatic N) is 2. The summed E-state index contributed by atoms with van der Waals surface area (Å²) in [7, 11) is 4.78. The molecule has 9 heteroatoms. The predicted molar refractivity (Wildman–Crippen MR) is 108 cm³/mol. The topological polar surface area (TPSA) is 72.5 Å². The zero-order chi connectivity index (χ0) is 20.1. The van der Waals surface area contributed by atoms with Gasteiger partial charge < -0.3 is 34.1 Å². The van der Waals surface area contributed by atoms with Crippen molar-refractivity contribution in [3.8, 4) is 17.2 Å². The van der Waals surface area contributed by atoms with E-state index in [0.29, 0.717) is 42.1 Å². The van der Waals surface area contributed by atoms with Gasteiger partial charge in [-0.25, -0.2) is 4.79 Å². The van der Waals surface area contributed by atoms with E-state index in [4.69, 9.17) is 31.2 Å². The number of rotatable bonds is 6. The number of nitrogens with one attached hydrogen (secondary N) is 1. The summed E-state index contributed by atoms with van der Waals surface area (Å²) in [6.07, 6.45) is 1.59. The van der Waals surface area contributed by atoms with Gasteiger partial charge in [0.15, 0.2) is 16.6 Å². The smallest absolute Gasteiger partial charge is 0.410 e. The molecule has 2 aliphatic heterocycles. The van der Waals surface area contributed by atoms with Crippen LogP contribution in [-0.2, 0) is 11.3 Å². The van der Waals surface area contributed by atoms with E-state index in [9.17, 15) is 4.79 Å². The number of ether oxygens (including phenoxy) is 4. The molecule has 0 aromatic heterocycles. The quantitative estimate of drug-likeness (QED) is 0.716. The van der Waals surface area contributed by atoms with Crippen molar-refractivity contribution >= 4 is 23.4 Å². The third kappa shape index (κ3) is 4.35. The minimum atomic E-state index is -0.193. The number of benzene rings is 1. The Morgan fingerprint density at radius 1 is 1.14 bits per heavy atom. The molecule has 1 amide bonds. The van der Waals surface area contributed by atoms with Gasteiger partial charge in [0.1, 0.15) is 6.61 Å². The van der Waals surface area contributed by atoms with Gasteiger partial charge >= 0.3 is 6.09 Å². The van der Waals surface area contributed by atoms with Crippen molar-refractivity contribution < 1.29 is 23.7 Å². The maximum Gasteiger partial charge on any atom is 0.410 e. The van der Waals surface area contributed by atoms with Gasteiger partial charge in [-0.05, 0) is 42.8 Å². The summed E-state index contributed by atoms with van der Waals surface area (Å²) in [5, 5.41) is 4.01. The molecule has 2 fully saturated rings. The highest BCUT2D eigenvalue weighted by Gasteiger charge is 2.32. The molecule has 1 aromatic rings. The van der Waals surface area contributed by atoms with Crippen LogP contribution in [0.1, 0.15) is 18.4 Å². The summed E-state index contributed by atoms with van der Waals surface area (Å²) in [4.78, 5) is 15.7. The van der Waals surface area contributed by atoms with Gasteiger partial charge in [0.2, 0.25) is 5.75 Å². The second kappa shape index (κ2) is 9.18. The number of hydrogen-bond donors (Lipinski definition) is 1. The number of piperidine rings is 1. The molecule has 8 nitrogen and oxygen atoms in total. The Kier molecular flexibility index (Phi) is 6.66. The Morgan fingerprint density at radius 3 is 2.29 bits per heavy atom. The molecule has 0 aliphatic carbocycles. The van der Waals surface area contributed by atoms with Crippen LogP contribution < -0.4 is 19.5 Å². The number of hydrogen-bond acceptors (Lipinski definition) is 6. The van der Waals surface area contributed by atoms with Crippen LogP contribution >= 0.6 is 12.2 Å². The molecule has 0 spiro atoms. The number of methoxy groups -OCH3 is 3. The van der Waals surface area contributed by atoms with E-state index in [0.717, 1.165) is 31.5 Å². The summed E-state index contributed by atoms with van der Waals surface area (Å²) in [6.45, 7) is 3.36. The molecule has 2 saturated heterocycles. The summed E-state index contributed by atoms with van der Waals surface area (Å²) < 4.78 is 21.2. The van der Waals surface area contributed by atoms with E-state index in [1.807, 2.05) is 17.0 Å². The number of carbonyl (C=O) groups excluding carboxylic acids is 1. The third-order valence-electron chi connectivity index (χ3n) is 5.15. The Balaban J connectivity index is 1.54. The average molecular weight is 410 g/mol. The Labute approximate surface area is 170 Å². The van der Waals surface area contributed by atoms with Gasteiger partial charge in [-0.1, -0.05) is 0 Å². The molecule has 28 heavy (non-hydrogen) atoms. The lowest BCUT2D eigenvalue weighted by atomic mass is 10.0. The van der Waals surface area contributed by atoms with Gasteiger partial charge in [-0.3, -0.25) is 0 Å². The third-order valence-corrected chi connectivity index (χ3v) is 5.56. The van der Waals surface area contributed by atoms with Crippen molar-refractivity contribution in [2.24, 2.45) is 0 Å². The molecule has 1 aromatic carbocycles. The first kappa shape index (κ1) is 20.3. The zero-order valence-corrected chi connectivity index (χ0v) is 17.3. The molecule has 0 unspecified atom stereocenters. The van der Waals surface area contributed by atoms with Crippen LogP contribution in [0.25, 0.3) is 0 Å². The maximum absolute atomic E-state index is 11.7. The van der Waals surface area contributed by atoms with Crippen LogP contribution in [0.3, 0.4) is 0 Å². The first-order valence-electron chi connectivity index (χ1n) is 9.32. The van der Waals surface area contributed by atoms with Crippen molar-refractivity contribution in [1.82, 2.24) is 15.1 Å². The highest BCUT2D eigenvalue weighted by molar-refractivity contribution is 7.80. The van der Waals surface area contributed by atoms with Gasteiger partial charge in [-0.15, -0.1) is 0 Å². The van der Waals surface area contributed by atoms with Crippen LogP contribution in [0.15, 0.2) is 12.1 Å². The number of carbonyl (C=O) groups is 1. The lowest BCUT2D eigenvalue weighted by molar-refractivity contribution is 0.132. The van der Waals surface area contributed by atoms with Crippen LogP contribution in [0.4, 0.5) is 4.79 Å². The molecule has 0 atom stereocenters. The monoisotopic (exact) mass is 409 g/mol. The van der Waals surface area contributed by atoms with Crippen molar-refractivity contribution in [1.29, 1.82) is 0 Å². The second-order valence-corrected chi connectivity index (χ2v) is 7.10. The van der Waals surface area contributed by atoms with Gasteiger partial charge in [0.05, 0.1) is 27.9 Å². The van der Waals surface area contributed by atoms with Gasteiger partial charge in [0.25, 0.3) is 0 Å². The van der Waals surface area contributed by atoms with Gasteiger partial charge in [-0.2, -0.15) is 0 Å². The summed E-state index contributed by atoms with van der Waals surface area (Å²) in [5.74, 6) is 1.80. The molecule has 2 heterocycles. The molecule has 0 radical (unpaired) electrons. The van der Waals surface area contributed by atoms with E-state index < -0.39 is 0 Å². The van der Waals surface area contributed by atoms with Crippen molar-refractivity contribution in [2.45, 2.75) is 25.4 Å². The SMILES string of the molecule is COc1cc(CNC(=S)N2CCC(N3CCOC3=O)CC2)cc(OC)c1OC. The van der Waals surface area contributed by atoms with E-state index in [-0.39, 0.29) is 12.1 Å². The maximum atomic E-state index is 11.7. The van der Waals surface area contributed by atoms with E-state index in [2.05, 4.69) is 10.2 Å². The lowest BCUT2D eigenvalue weighted by Crippen LogP contribution is -2.49. The predicted octanol–water partition coefficient (Wildman–Crippen LogP) is 2.00. The summed E-state index contributed by atoms with van der Waals surface area (Å²) >= 11 is 5.56. The normalized spacial score (nSPS) is 17.3. The molecule has 0 bridgehead atoms. The fourth-order valence-corrected chi connectivity index (χ4v) is 3.90. The molecular weight excluding hydrogens is 382 g/mol. The number of thiocarbonyl (C=S) groups is 1. The largest absolute Gasteiger partial charge is 0.493 e. The summed E-state index contributed by atoms with van der Waals surface area (Å²) in [6, 6.07) is 4.05. The summed E-state index contributed by atoms with van der Waals surface area (Å²) in [5.41, 5.74) is 0.978. The van der Waals surface area contributed by atoms with Gasteiger partial charge in [0, 0.05) is 25.7 Å². The number of cyclic esters (lactones) is 1. The highest BCUT2D eigenvalue weighted by atomic mass is 32.1. The Morgan fingerprint density at radius 2 is 1.79 bits per heavy atom. The standard InChI is InChI=1S/C19H27N3O5S/c1-24-15-10-13(11-16(25-2)17(15)26-3)12-20-18(28)21-6-4-14(5-7-21)22-8-9-27-19(22)23/h10-11,14H,4-9,12H2,1-3H3,(H,20,28). The average Bonchev–Trinajstić information content (AvgIpc) is 3.16. The highest BCUT2D eigenvalue weighted by Crippen LogP contribution is 2.38. The van der Waals surface area contributed by atoms with Crippen LogP contribution in [0.2, 0.25) is 0 Å². The first-order chi connectivity index (χ1) is 13.6. The Hall–Kier alpha value is -2.42. The lowest BCUT2D eigenvalue weighted by Gasteiger charge is -2.36. The molecule has 2 aliphatic rings. The number of amides is 1. The fourth-order valence-electron chi connectivity index (χ4n) is 3.64. The molecule has 154 valence electrons. The minimum Gasteiger partial charge on any atom is -0.493 e. The van der Waals surface area contributed by atoms with Crippen LogP contribution in [-0.4, -0.2) is 74.6 Å². The van der Waals surface area contributed by atoms with Crippen LogP contribution in [0, 0.1) is 0 Å². The van der Waals surface area contributed by atoms with Crippen molar-refractivity contribution in [3.63, 3.8) is 0 Å². The Bertz CT molecular complexity index is 697. The molecular formula is C19H27N3O5S. The number of likely N-dealkylation sites (tertiary alicyclic amines) is 1. The zero-order valence-electron chi connectivity index (χ0n) is 16.5. The molecule has 0 saturated carbocycles. The van der Waals surface area contributed by atoms with Crippen molar-refractivity contribution in [3.05, 3.63) is 17.7 Å². The minimum absolute atomic E-state index is 0.193. The van der Waals surface area contributed by atoms with E-state index >= 15 is 0 Å². The fraction of sp³-hybridized carbons (Fsp3) is 0.579. The van der Waals surface area contributed by atoms with E-state index in [1.165, 1.54) is 0 Å². The first-order valence-corrected chi connectivity index (χ1v) is 9.73.